The number of ether oxygens (including phenoxy) is 1. The predicted molar refractivity (Wildman–Crippen MR) is 92.1 cm³/mol. The molecule has 0 atom stereocenters. The Hall–Kier alpha value is -2.39. The van der Waals surface area contributed by atoms with Crippen LogP contribution in [0.1, 0.15) is 27.0 Å². The third-order valence-electron chi connectivity index (χ3n) is 4.59. The van der Waals surface area contributed by atoms with Gasteiger partial charge in [-0.05, 0) is 47.4 Å². The number of benzene rings is 2. The van der Waals surface area contributed by atoms with E-state index in [4.69, 9.17) is 4.74 Å². The van der Waals surface area contributed by atoms with Crippen LogP contribution < -0.4 is 4.90 Å². The van der Waals surface area contributed by atoms with Crippen LogP contribution in [-0.4, -0.2) is 32.1 Å². The van der Waals surface area contributed by atoms with Crippen LogP contribution in [0, 0.1) is 6.92 Å². The van der Waals surface area contributed by atoms with Crippen LogP contribution in [0.4, 0.5) is 5.69 Å². The van der Waals surface area contributed by atoms with Crippen molar-refractivity contribution in [2.45, 2.75) is 6.92 Å². The second-order valence-corrected chi connectivity index (χ2v) is 6.07. The van der Waals surface area contributed by atoms with Gasteiger partial charge in [-0.15, -0.1) is 0 Å². The van der Waals surface area contributed by atoms with Gasteiger partial charge in [0.2, 0.25) is 0 Å². The van der Waals surface area contributed by atoms with Crippen molar-refractivity contribution in [2.75, 3.05) is 31.2 Å². The number of allylic oxidation sites excluding steroid dienone is 1. The maximum atomic E-state index is 12.5. The molecular formula is C20H19NO2. The maximum absolute atomic E-state index is 12.5. The number of rotatable bonds is 2. The zero-order valence-electron chi connectivity index (χ0n) is 13.2. The molecule has 0 bridgehead atoms. The first-order chi connectivity index (χ1) is 11.2. The van der Waals surface area contributed by atoms with E-state index in [0.717, 1.165) is 59.8 Å². The van der Waals surface area contributed by atoms with Crippen molar-refractivity contribution in [3.63, 3.8) is 0 Å². The first-order valence-electron chi connectivity index (χ1n) is 8.03. The molecule has 23 heavy (non-hydrogen) atoms. The third kappa shape index (κ3) is 2.47. The van der Waals surface area contributed by atoms with E-state index in [1.807, 2.05) is 24.3 Å². The number of nitrogens with zero attached hydrogens (tertiary/aromatic N) is 1. The monoisotopic (exact) mass is 305 g/mol. The Morgan fingerprint density at radius 1 is 1.04 bits per heavy atom. The number of ketones is 1. The highest BCUT2D eigenvalue weighted by Gasteiger charge is 2.26. The van der Waals surface area contributed by atoms with E-state index in [9.17, 15) is 4.79 Å². The molecule has 4 rings (SSSR count). The molecule has 0 radical (unpaired) electrons. The Kier molecular flexibility index (Phi) is 3.50. The summed E-state index contributed by atoms with van der Waals surface area (Å²) in [6.45, 7) is 5.35. The van der Waals surface area contributed by atoms with Crippen LogP contribution >= 0.6 is 0 Å². The Morgan fingerprint density at radius 3 is 2.52 bits per heavy atom. The summed E-state index contributed by atoms with van der Waals surface area (Å²) < 4.78 is 5.42. The minimum Gasteiger partial charge on any atom is -0.378 e. The zero-order chi connectivity index (χ0) is 15.8. The molecule has 0 spiro atoms. The summed E-state index contributed by atoms with van der Waals surface area (Å²) in [6.07, 6.45) is 1.77. The number of hydrogen-bond acceptors (Lipinski definition) is 3. The summed E-state index contributed by atoms with van der Waals surface area (Å²) in [6, 6.07) is 14.4. The minimum absolute atomic E-state index is 0.108. The summed E-state index contributed by atoms with van der Waals surface area (Å²) in [5, 5.41) is 0. The van der Waals surface area contributed by atoms with Gasteiger partial charge < -0.3 is 9.64 Å². The number of aryl methyl sites for hydroxylation is 1. The Labute approximate surface area is 136 Å². The Bertz CT molecular complexity index is 787. The lowest BCUT2D eigenvalue weighted by atomic mass is 9.94. The molecule has 116 valence electrons. The van der Waals surface area contributed by atoms with Crippen molar-refractivity contribution in [1.29, 1.82) is 0 Å². The average molecular weight is 305 g/mol. The number of carbonyl (C=O) groups excluding carboxylic acids is 1. The molecule has 1 saturated heterocycles. The van der Waals surface area contributed by atoms with Crippen molar-refractivity contribution in [3.05, 3.63) is 70.8 Å². The van der Waals surface area contributed by atoms with E-state index < -0.39 is 0 Å². The molecule has 1 aliphatic carbocycles. The van der Waals surface area contributed by atoms with Gasteiger partial charge in [0.1, 0.15) is 0 Å². The lowest BCUT2D eigenvalue weighted by Crippen LogP contribution is -2.36. The molecular weight excluding hydrogens is 286 g/mol. The largest absolute Gasteiger partial charge is 0.378 e. The first kappa shape index (κ1) is 14.2. The zero-order valence-corrected chi connectivity index (χ0v) is 13.2. The van der Waals surface area contributed by atoms with E-state index in [1.54, 1.807) is 6.08 Å². The number of fused-ring (bicyclic) bond motifs is 1. The van der Waals surface area contributed by atoms with Crippen LogP contribution in [0.25, 0.3) is 5.57 Å². The van der Waals surface area contributed by atoms with E-state index in [-0.39, 0.29) is 5.78 Å². The van der Waals surface area contributed by atoms with Crippen LogP contribution in [0.3, 0.4) is 0 Å². The fraction of sp³-hybridized carbons (Fsp3) is 0.250. The van der Waals surface area contributed by atoms with Crippen molar-refractivity contribution in [1.82, 2.24) is 0 Å². The molecule has 3 nitrogen and oxygen atoms in total. The minimum atomic E-state index is 0.108. The molecule has 0 saturated carbocycles. The predicted octanol–water partition coefficient (Wildman–Crippen LogP) is 3.46. The van der Waals surface area contributed by atoms with Crippen LogP contribution in [0.15, 0.2) is 48.5 Å². The highest BCUT2D eigenvalue weighted by molar-refractivity contribution is 6.19. The van der Waals surface area contributed by atoms with E-state index in [1.165, 1.54) is 0 Å². The second kappa shape index (κ2) is 5.67. The molecule has 0 aromatic heterocycles. The second-order valence-electron chi connectivity index (χ2n) is 6.07. The van der Waals surface area contributed by atoms with Gasteiger partial charge in [0.15, 0.2) is 5.78 Å². The number of anilines is 1. The van der Waals surface area contributed by atoms with Crippen molar-refractivity contribution < 1.29 is 9.53 Å². The summed E-state index contributed by atoms with van der Waals surface area (Å²) >= 11 is 0. The third-order valence-corrected chi connectivity index (χ3v) is 4.59. The van der Waals surface area contributed by atoms with Crippen LogP contribution in [0.5, 0.6) is 0 Å². The number of morpholine rings is 1. The highest BCUT2D eigenvalue weighted by atomic mass is 16.5. The SMILES string of the molecule is Cc1cc(N2CCOCC2)cc2c1C(c1ccccc1)=CC2=O. The quantitative estimate of drug-likeness (QED) is 0.851. The molecule has 2 aromatic rings. The molecule has 2 aliphatic rings. The Morgan fingerprint density at radius 2 is 1.78 bits per heavy atom. The highest BCUT2D eigenvalue weighted by Crippen LogP contribution is 2.37. The van der Waals surface area contributed by atoms with Gasteiger partial charge in [-0.1, -0.05) is 30.3 Å². The maximum Gasteiger partial charge on any atom is 0.187 e. The van der Waals surface area contributed by atoms with Gasteiger partial charge in [-0.3, -0.25) is 4.79 Å². The summed E-state index contributed by atoms with van der Waals surface area (Å²) in [5.74, 6) is 0.108. The molecule has 2 aromatic carbocycles. The van der Waals surface area contributed by atoms with Gasteiger partial charge in [-0.25, -0.2) is 0 Å². The van der Waals surface area contributed by atoms with Crippen LogP contribution in [-0.2, 0) is 4.74 Å². The van der Waals surface area contributed by atoms with Gasteiger partial charge >= 0.3 is 0 Å². The summed E-state index contributed by atoms with van der Waals surface area (Å²) in [5.41, 5.74) is 6.33. The average Bonchev–Trinajstić information content (AvgIpc) is 2.94. The van der Waals surface area contributed by atoms with Crippen molar-refractivity contribution in [2.24, 2.45) is 0 Å². The van der Waals surface area contributed by atoms with Crippen LogP contribution in [0.2, 0.25) is 0 Å². The van der Waals surface area contributed by atoms with Gasteiger partial charge in [0.25, 0.3) is 0 Å². The van der Waals surface area contributed by atoms with E-state index in [0.29, 0.717) is 0 Å². The van der Waals surface area contributed by atoms with Gasteiger partial charge in [0.05, 0.1) is 13.2 Å². The standard InChI is InChI=1S/C20H19NO2/c1-14-11-16(21-7-9-23-10-8-21)12-18-19(22)13-17(20(14)18)15-5-3-2-4-6-15/h2-6,11-13H,7-10H2,1H3. The lowest BCUT2D eigenvalue weighted by Gasteiger charge is -2.29. The molecule has 0 unspecified atom stereocenters. The first-order valence-corrected chi connectivity index (χ1v) is 8.03. The topological polar surface area (TPSA) is 29.5 Å². The number of hydrogen-bond donors (Lipinski definition) is 0. The fourth-order valence-electron chi connectivity index (χ4n) is 3.45. The van der Waals surface area contributed by atoms with Gasteiger partial charge in [-0.2, -0.15) is 0 Å². The number of carbonyl (C=O) groups is 1. The molecule has 1 heterocycles. The van der Waals surface area contributed by atoms with Gasteiger partial charge in [0, 0.05) is 24.3 Å². The molecule has 1 aliphatic heterocycles. The summed E-state index contributed by atoms with van der Waals surface area (Å²) in [7, 11) is 0. The fourth-order valence-corrected chi connectivity index (χ4v) is 3.45. The molecule has 0 amide bonds. The van der Waals surface area contributed by atoms with Crippen molar-refractivity contribution >= 4 is 17.0 Å². The Balaban J connectivity index is 1.78. The van der Waals surface area contributed by atoms with Crippen molar-refractivity contribution in [3.8, 4) is 0 Å². The summed E-state index contributed by atoms with van der Waals surface area (Å²) in [4.78, 5) is 14.8. The van der Waals surface area contributed by atoms with E-state index in [2.05, 4.69) is 30.0 Å². The molecule has 3 heteroatoms. The normalized spacial score (nSPS) is 17.2. The lowest BCUT2D eigenvalue weighted by molar-refractivity contribution is 0.105. The molecule has 0 N–H and O–H groups in total. The smallest absolute Gasteiger partial charge is 0.187 e. The molecule has 1 fully saturated rings. The van der Waals surface area contributed by atoms with E-state index >= 15 is 0 Å².